The standard InChI is InChI=1S/C18H19N7O3S/c1-9-4-5-11-13(6-9)29-18-14(11)16-20-15(21-24(16)8-19-18)10(2)23-7-12(25(26)27)17(22-23)28-3/h7-10H,4-6H2,1-3H3/t9-,10+/m0/s1. The molecule has 4 heterocycles. The molecule has 29 heavy (non-hydrogen) atoms. The maximum Gasteiger partial charge on any atom is 0.350 e. The number of nitrogens with zero attached hydrogens (tertiary/aromatic N) is 7. The Balaban J connectivity index is 1.61. The predicted molar refractivity (Wildman–Crippen MR) is 107 cm³/mol. The highest BCUT2D eigenvalue weighted by atomic mass is 32.1. The summed E-state index contributed by atoms with van der Waals surface area (Å²) in [6.07, 6.45) is 6.29. The van der Waals surface area contributed by atoms with Gasteiger partial charge < -0.3 is 4.74 Å². The zero-order valence-electron chi connectivity index (χ0n) is 16.2. The summed E-state index contributed by atoms with van der Waals surface area (Å²) in [4.78, 5) is 22.4. The number of rotatable bonds is 4. The summed E-state index contributed by atoms with van der Waals surface area (Å²) in [7, 11) is 1.36. The third kappa shape index (κ3) is 2.76. The quantitative estimate of drug-likeness (QED) is 0.373. The second-order valence-corrected chi connectivity index (χ2v) is 8.53. The number of nitro groups is 1. The van der Waals surface area contributed by atoms with Crippen molar-refractivity contribution in [3.05, 3.63) is 38.9 Å². The lowest BCUT2D eigenvalue weighted by molar-refractivity contribution is -0.385. The topological polar surface area (TPSA) is 113 Å². The number of aromatic nitrogens is 6. The summed E-state index contributed by atoms with van der Waals surface area (Å²) in [6, 6.07) is -0.401. The zero-order chi connectivity index (χ0) is 20.3. The molecule has 0 spiro atoms. The van der Waals surface area contributed by atoms with Gasteiger partial charge >= 0.3 is 11.6 Å². The lowest BCUT2D eigenvalue weighted by atomic mass is 9.89. The van der Waals surface area contributed by atoms with E-state index in [0.29, 0.717) is 11.7 Å². The highest BCUT2D eigenvalue weighted by Gasteiger charge is 2.27. The molecular formula is C18H19N7O3S. The maximum atomic E-state index is 11.2. The van der Waals surface area contributed by atoms with Crippen LogP contribution < -0.4 is 4.74 Å². The van der Waals surface area contributed by atoms with Crippen LogP contribution in [0.1, 0.15) is 42.6 Å². The zero-order valence-corrected chi connectivity index (χ0v) is 17.0. The van der Waals surface area contributed by atoms with Crippen LogP contribution in [0.4, 0.5) is 5.69 Å². The van der Waals surface area contributed by atoms with E-state index in [-0.39, 0.29) is 11.6 Å². The molecule has 0 bridgehead atoms. The number of hydrogen-bond donors (Lipinski definition) is 0. The van der Waals surface area contributed by atoms with Crippen LogP contribution >= 0.6 is 11.3 Å². The van der Waals surface area contributed by atoms with Crippen molar-refractivity contribution >= 4 is 32.9 Å². The fourth-order valence-corrected chi connectivity index (χ4v) is 5.23. The van der Waals surface area contributed by atoms with Gasteiger partial charge in [-0.3, -0.25) is 14.8 Å². The molecule has 4 aromatic rings. The first-order valence-electron chi connectivity index (χ1n) is 9.39. The van der Waals surface area contributed by atoms with Crippen LogP contribution in [0.25, 0.3) is 15.9 Å². The van der Waals surface area contributed by atoms with Crippen molar-refractivity contribution in [2.24, 2.45) is 5.92 Å². The smallest absolute Gasteiger partial charge is 0.350 e. The minimum absolute atomic E-state index is 0.0318. The monoisotopic (exact) mass is 413 g/mol. The molecule has 0 aromatic carbocycles. The third-order valence-corrected chi connectivity index (χ3v) is 6.65. The molecule has 0 aliphatic heterocycles. The van der Waals surface area contributed by atoms with Crippen molar-refractivity contribution < 1.29 is 9.66 Å². The van der Waals surface area contributed by atoms with Crippen LogP contribution in [0.15, 0.2) is 12.5 Å². The largest absolute Gasteiger partial charge is 0.475 e. The van der Waals surface area contributed by atoms with E-state index in [1.807, 2.05) is 6.92 Å². The van der Waals surface area contributed by atoms with Gasteiger partial charge in [-0.25, -0.2) is 14.5 Å². The van der Waals surface area contributed by atoms with Crippen LogP contribution in [0.2, 0.25) is 0 Å². The first-order chi connectivity index (χ1) is 14.0. The van der Waals surface area contributed by atoms with E-state index < -0.39 is 11.0 Å². The van der Waals surface area contributed by atoms with Gasteiger partial charge in [0.15, 0.2) is 11.5 Å². The fraction of sp³-hybridized carbons (Fsp3) is 0.444. The van der Waals surface area contributed by atoms with Gasteiger partial charge in [-0.15, -0.1) is 21.5 Å². The number of thiophene rings is 1. The Morgan fingerprint density at radius 3 is 2.97 bits per heavy atom. The second-order valence-electron chi connectivity index (χ2n) is 7.45. The average molecular weight is 413 g/mol. The van der Waals surface area contributed by atoms with Gasteiger partial charge in [-0.1, -0.05) is 6.92 Å². The summed E-state index contributed by atoms with van der Waals surface area (Å²) < 4.78 is 8.17. The molecule has 150 valence electrons. The first kappa shape index (κ1) is 18.0. The Kier molecular flexibility index (Phi) is 4.02. The minimum Gasteiger partial charge on any atom is -0.475 e. The highest BCUT2D eigenvalue weighted by molar-refractivity contribution is 7.19. The molecule has 0 unspecified atom stereocenters. The number of aryl methyl sites for hydroxylation is 1. The Bertz CT molecular complexity index is 1260. The summed E-state index contributed by atoms with van der Waals surface area (Å²) >= 11 is 1.74. The van der Waals surface area contributed by atoms with E-state index in [0.717, 1.165) is 35.1 Å². The van der Waals surface area contributed by atoms with Gasteiger partial charge in [0.1, 0.15) is 23.4 Å². The average Bonchev–Trinajstić information content (AvgIpc) is 3.40. The Morgan fingerprint density at radius 2 is 2.24 bits per heavy atom. The van der Waals surface area contributed by atoms with Crippen LogP contribution in [0.5, 0.6) is 5.88 Å². The molecule has 5 rings (SSSR count). The molecule has 0 radical (unpaired) electrons. The maximum absolute atomic E-state index is 11.2. The third-order valence-electron chi connectivity index (χ3n) is 5.49. The van der Waals surface area contributed by atoms with Crippen LogP contribution in [-0.2, 0) is 12.8 Å². The summed E-state index contributed by atoms with van der Waals surface area (Å²) in [5.74, 6) is 1.17. The van der Waals surface area contributed by atoms with Crippen molar-refractivity contribution in [1.29, 1.82) is 0 Å². The van der Waals surface area contributed by atoms with Crippen LogP contribution in [-0.4, -0.2) is 41.4 Å². The van der Waals surface area contributed by atoms with E-state index in [9.17, 15) is 10.1 Å². The molecule has 4 aromatic heterocycles. The molecule has 11 heteroatoms. The van der Waals surface area contributed by atoms with Gasteiger partial charge in [0.25, 0.3) is 0 Å². The molecule has 0 saturated carbocycles. The van der Waals surface area contributed by atoms with Crippen molar-refractivity contribution in [3.8, 4) is 5.88 Å². The van der Waals surface area contributed by atoms with Crippen molar-refractivity contribution in [2.45, 2.75) is 39.2 Å². The summed E-state index contributed by atoms with van der Waals surface area (Å²) in [5.41, 5.74) is 1.93. The van der Waals surface area contributed by atoms with Gasteiger partial charge in [-0.05, 0) is 37.7 Å². The summed E-state index contributed by atoms with van der Waals surface area (Å²) in [5, 5.41) is 21.0. The number of fused-ring (bicyclic) bond motifs is 5. The predicted octanol–water partition coefficient (Wildman–Crippen LogP) is 3.19. The van der Waals surface area contributed by atoms with Gasteiger partial charge in [0.2, 0.25) is 0 Å². The molecule has 0 amide bonds. The first-order valence-corrected chi connectivity index (χ1v) is 10.2. The Labute approximate surface area is 169 Å². The van der Waals surface area contributed by atoms with Crippen molar-refractivity contribution in [3.63, 3.8) is 0 Å². The van der Waals surface area contributed by atoms with E-state index in [4.69, 9.17) is 9.72 Å². The van der Waals surface area contributed by atoms with Gasteiger partial charge in [0, 0.05) is 4.88 Å². The van der Waals surface area contributed by atoms with E-state index in [1.165, 1.54) is 28.4 Å². The Hall–Kier alpha value is -3.08. The molecule has 10 nitrogen and oxygen atoms in total. The number of hydrogen-bond acceptors (Lipinski definition) is 8. The van der Waals surface area contributed by atoms with Crippen molar-refractivity contribution in [1.82, 2.24) is 29.4 Å². The summed E-state index contributed by atoms with van der Waals surface area (Å²) in [6.45, 7) is 4.13. The van der Waals surface area contributed by atoms with Crippen LogP contribution in [0.3, 0.4) is 0 Å². The van der Waals surface area contributed by atoms with Crippen molar-refractivity contribution in [2.75, 3.05) is 7.11 Å². The Morgan fingerprint density at radius 1 is 1.41 bits per heavy atom. The van der Waals surface area contributed by atoms with Gasteiger partial charge in [-0.2, -0.15) is 0 Å². The molecular weight excluding hydrogens is 394 g/mol. The molecule has 1 aliphatic rings. The molecule has 0 fully saturated rings. The van der Waals surface area contributed by atoms with Crippen LogP contribution in [0, 0.1) is 16.0 Å². The number of methoxy groups -OCH3 is 1. The molecule has 0 N–H and O–H groups in total. The number of ether oxygens (including phenoxy) is 1. The highest BCUT2D eigenvalue weighted by Crippen LogP contribution is 2.38. The van der Waals surface area contributed by atoms with E-state index in [2.05, 4.69) is 22.1 Å². The van der Waals surface area contributed by atoms with Gasteiger partial charge in [0.05, 0.1) is 17.4 Å². The minimum atomic E-state index is -0.516. The van der Waals surface area contributed by atoms with E-state index in [1.54, 1.807) is 22.2 Å². The SMILES string of the molecule is COc1nn([C@H](C)c2nc3c4c5c(sc4ncn3n2)C[C@@H](C)CC5)cc1[N+](=O)[O-]. The lowest BCUT2D eigenvalue weighted by Gasteiger charge is -2.17. The molecule has 1 aliphatic carbocycles. The molecule has 2 atom stereocenters. The van der Waals surface area contributed by atoms with E-state index >= 15 is 0 Å². The second kappa shape index (κ2) is 6.48. The fourth-order valence-electron chi connectivity index (χ4n) is 3.89. The molecule has 0 saturated heterocycles. The lowest BCUT2D eigenvalue weighted by Crippen LogP contribution is -2.09. The normalized spacial score (nSPS) is 17.6.